The highest BCUT2D eigenvalue weighted by molar-refractivity contribution is 6.19. The Bertz CT molecular complexity index is 3270. The van der Waals surface area contributed by atoms with Gasteiger partial charge in [-0.15, -0.1) is 0 Å². The summed E-state index contributed by atoms with van der Waals surface area (Å²) >= 11 is 0. The first-order valence-electron chi connectivity index (χ1n) is 19.2. The van der Waals surface area contributed by atoms with Crippen molar-refractivity contribution in [1.82, 2.24) is 15.0 Å². The van der Waals surface area contributed by atoms with E-state index in [1.165, 1.54) is 16.2 Å². The molecule has 2 aromatic heterocycles. The second kappa shape index (κ2) is 13.6. The second-order valence-corrected chi connectivity index (χ2v) is 14.4. The minimum Gasteiger partial charge on any atom is -0.455 e. The molecule has 11 aromatic rings. The molecule has 9 aromatic carbocycles. The van der Waals surface area contributed by atoms with Crippen LogP contribution in [0.25, 0.3) is 111 Å². The van der Waals surface area contributed by atoms with Gasteiger partial charge in [0.15, 0.2) is 17.5 Å². The minimum absolute atomic E-state index is 0.580. The van der Waals surface area contributed by atoms with Crippen molar-refractivity contribution in [3.8, 4) is 67.5 Å². The minimum atomic E-state index is 0.580. The van der Waals surface area contributed by atoms with Gasteiger partial charge in [0, 0.05) is 38.6 Å². The third-order valence-corrected chi connectivity index (χ3v) is 10.9. The van der Waals surface area contributed by atoms with Gasteiger partial charge in [0.1, 0.15) is 11.2 Å². The summed E-state index contributed by atoms with van der Waals surface area (Å²) in [5.74, 6) is 1.80. The number of benzene rings is 9. The maximum atomic E-state index is 7.12. The maximum absolute atomic E-state index is 7.12. The number of aromatic nitrogens is 3. The molecule has 0 atom stereocenters. The van der Waals surface area contributed by atoms with Crippen LogP contribution in [0.3, 0.4) is 0 Å². The molecule has 0 bridgehead atoms. The van der Waals surface area contributed by atoms with Crippen molar-refractivity contribution in [3.05, 3.63) is 200 Å². The van der Waals surface area contributed by atoms with E-state index in [-0.39, 0.29) is 0 Å². The molecule has 0 fully saturated rings. The van der Waals surface area contributed by atoms with Crippen LogP contribution >= 0.6 is 0 Å². The van der Waals surface area contributed by atoms with Gasteiger partial charge < -0.3 is 4.42 Å². The van der Waals surface area contributed by atoms with Gasteiger partial charge in [-0.3, -0.25) is 0 Å². The highest BCUT2D eigenvalue weighted by Gasteiger charge is 2.23. The zero-order valence-corrected chi connectivity index (χ0v) is 30.8. The fourth-order valence-corrected chi connectivity index (χ4v) is 8.14. The van der Waals surface area contributed by atoms with E-state index in [0.29, 0.717) is 17.5 Å². The van der Waals surface area contributed by atoms with Gasteiger partial charge in [0.05, 0.1) is 0 Å². The summed E-state index contributed by atoms with van der Waals surface area (Å²) in [4.78, 5) is 15.7. The molecule has 0 saturated carbocycles. The van der Waals surface area contributed by atoms with Crippen molar-refractivity contribution in [2.24, 2.45) is 0 Å². The molecule has 4 heteroatoms. The van der Waals surface area contributed by atoms with E-state index in [4.69, 9.17) is 19.4 Å². The molecule has 2 heterocycles. The third-order valence-electron chi connectivity index (χ3n) is 10.9. The van der Waals surface area contributed by atoms with Crippen LogP contribution in [-0.4, -0.2) is 15.0 Å². The first-order chi connectivity index (χ1) is 28.2. The van der Waals surface area contributed by atoms with E-state index >= 15 is 0 Å². The van der Waals surface area contributed by atoms with Crippen LogP contribution in [0.4, 0.5) is 0 Å². The van der Waals surface area contributed by atoms with Crippen molar-refractivity contribution in [2.75, 3.05) is 0 Å². The molecule has 0 unspecified atom stereocenters. The first-order valence-corrected chi connectivity index (χ1v) is 19.2. The zero-order valence-electron chi connectivity index (χ0n) is 30.8. The van der Waals surface area contributed by atoms with Gasteiger partial charge in [0.2, 0.25) is 0 Å². The zero-order chi connectivity index (χ0) is 37.7. The van der Waals surface area contributed by atoms with Gasteiger partial charge in [-0.2, -0.15) is 0 Å². The van der Waals surface area contributed by atoms with Gasteiger partial charge in [-0.25, -0.2) is 15.0 Å². The summed E-state index contributed by atoms with van der Waals surface area (Å²) in [6, 6.07) is 69.8. The van der Waals surface area contributed by atoms with Gasteiger partial charge >= 0.3 is 0 Å². The van der Waals surface area contributed by atoms with Crippen LogP contribution in [0.1, 0.15) is 0 Å². The van der Waals surface area contributed by atoms with Crippen LogP contribution in [0.15, 0.2) is 205 Å². The van der Waals surface area contributed by atoms with Gasteiger partial charge in [0.25, 0.3) is 0 Å². The lowest BCUT2D eigenvalue weighted by Crippen LogP contribution is -2.00. The average molecular weight is 728 g/mol. The summed E-state index contributed by atoms with van der Waals surface area (Å²) in [6.45, 7) is 0. The highest BCUT2D eigenvalue weighted by Crippen LogP contribution is 2.46. The molecule has 266 valence electrons. The molecule has 4 nitrogen and oxygen atoms in total. The maximum Gasteiger partial charge on any atom is 0.164 e. The standard InChI is InChI=1S/C53H33N3O/c1-5-15-34(16-6-1)41-32-46(36-19-9-3-10-20-36)49-47(33-41)48-45(30-29-44(50(48)57-49)35-17-7-2-8-18-35)53-55-51(38-22-11-4-12-23-38)54-52(56-53)40-27-28-43-39(31-40)26-25-37-21-13-14-24-42(37)43/h1-33H. The summed E-state index contributed by atoms with van der Waals surface area (Å²) in [5.41, 5.74) is 10.7. The Kier molecular flexibility index (Phi) is 7.78. The molecule has 11 rings (SSSR count). The van der Waals surface area contributed by atoms with E-state index < -0.39 is 0 Å². The summed E-state index contributed by atoms with van der Waals surface area (Å²) in [6.07, 6.45) is 0. The van der Waals surface area contributed by atoms with E-state index in [1.54, 1.807) is 0 Å². The quantitative estimate of drug-likeness (QED) is 0.160. The number of rotatable bonds is 6. The predicted molar refractivity (Wildman–Crippen MR) is 235 cm³/mol. The van der Waals surface area contributed by atoms with Crippen LogP contribution < -0.4 is 0 Å². The molecular weight excluding hydrogens is 695 g/mol. The fourth-order valence-electron chi connectivity index (χ4n) is 8.14. The molecule has 0 aliphatic rings. The second-order valence-electron chi connectivity index (χ2n) is 14.4. The SMILES string of the molecule is c1ccc(-c2cc(-c3ccccc3)c3oc4c(-c5ccccc5)ccc(-c5nc(-c6ccccc6)nc(-c6ccc7c(ccc8ccccc87)c6)n5)c4c3c2)cc1. The largest absolute Gasteiger partial charge is 0.455 e. The Morgan fingerprint density at radius 1 is 0.281 bits per heavy atom. The summed E-state index contributed by atoms with van der Waals surface area (Å²) in [7, 11) is 0. The number of hydrogen-bond acceptors (Lipinski definition) is 4. The lowest BCUT2D eigenvalue weighted by atomic mass is 9.93. The van der Waals surface area contributed by atoms with Crippen LogP contribution in [0, 0.1) is 0 Å². The Morgan fingerprint density at radius 3 is 1.54 bits per heavy atom. The normalized spacial score (nSPS) is 11.5. The van der Waals surface area contributed by atoms with Gasteiger partial charge in [-0.05, 0) is 74.1 Å². The van der Waals surface area contributed by atoms with E-state index in [1.807, 2.05) is 30.3 Å². The Morgan fingerprint density at radius 2 is 0.825 bits per heavy atom. The average Bonchev–Trinajstić information content (AvgIpc) is 3.69. The molecule has 0 aliphatic heterocycles. The summed E-state index contributed by atoms with van der Waals surface area (Å²) < 4.78 is 7.12. The highest BCUT2D eigenvalue weighted by atomic mass is 16.3. The molecule has 57 heavy (non-hydrogen) atoms. The van der Waals surface area contributed by atoms with E-state index in [2.05, 4.69) is 170 Å². The predicted octanol–water partition coefficient (Wildman–Crippen LogP) is 14.1. The smallest absolute Gasteiger partial charge is 0.164 e. The number of hydrogen-bond donors (Lipinski definition) is 0. The van der Waals surface area contributed by atoms with Crippen molar-refractivity contribution in [1.29, 1.82) is 0 Å². The first kappa shape index (κ1) is 32.7. The fraction of sp³-hybridized carbons (Fsp3) is 0. The Hall–Kier alpha value is -7.69. The molecule has 0 spiro atoms. The van der Waals surface area contributed by atoms with E-state index in [0.717, 1.165) is 77.4 Å². The lowest BCUT2D eigenvalue weighted by molar-refractivity contribution is 0.671. The molecule has 0 radical (unpaired) electrons. The topological polar surface area (TPSA) is 51.8 Å². The van der Waals surface area contributed by atoms with Crippen molar-refractivity contribution in [3.63, 3.8) is 0 Å². The van der Waals surface area contributed by atoms with Crippen LogP contribution in [-0.2, 0) is 0 Å². The number of nitrogens with zero attached hydrogens (tertiary/aromatic N) is 3. The number of fused-ring (bicyclic) bond motifs is 6. The molecular formula is C53H33N3O. The van der Waals surface area contributed by atoms with Crippen molar-refractivity contribution >= 4 is 43.5 Å². The third kappa shape index (κ3) is 5.74. The van der Waals surface area contributed by atoms with Crippen molar-refractivity contribution in [2.45, 2.75) is 0 Å². The molecule has 0 amide bonds. The number of furan rings is 1. The monoisotopic (exact) mass is 727 g/mol. The molecule has 0 saturated heterocycles. The van der Waals surface area contributed by atoms with Crippen LogP contribution in [0.5, 0.6) is 0 Å². The van der Waals surface area contributed by atoms with Gasteiger partial charge in [-0.1, -0.05) is 170 Å². The Labute approximate surface area is 329 Å². The van der Waals surface area contributed by atoms with E-state index in [9.17, 15) is 0 Å². The molecule has 0 N–H and O–H groups in total. The summed E-state index contributed by atoms with van der Waals surface area (Å²) in [5, 5.41) is 6.72. The van der Waals surface area contributed by atoms with Crippen LogP contribution in [0.2, 0.25) is 0 Å². The molecule has 0 aliphatic carbocycles. The Balaban J connectivity index is 1.21. The lowest BCUT2D eigenvalue weighted by Gasteiger charge is -2.12. The van der Waals surface area contributed by atoms with Crippen molar-refractivity contribution < 1.29 is 4.42 Å².